The van der Waals surface area contributed by atoms with Crippen molar-refractivity contribution in [1.29, 1.82) is 0 Å². The van der Waals surface area contributed by atoms with Crippen molar-refractivity contribution >= 4 is 16.7 Å². The highest BCUT2D eigenvalue weighted by Gasteiger charge is 2.31. The summed E-state index contributed by atoms with van der Waals surface area (Å²) in [6, 6.07) is 11.1. The lowest BCUT2D eigenvalue weighted by molar-refractivity contribution is -0.0764. The highest BCUT2D eigenvalue weighted by Crippen LogP contribution is 2.27. The van der Waals surface area contributed by atoms with Gasteiger partial charge in [-0.05, 0) is 36.8 Å². The molecule has 0 radical (unpaired) electrons. The molecule has 21 heavy (non-hydrogen) atoms. The lowest BCUT2D eigenvalue weighted by atomic mass is 10.0. The smallest absolute Gasteiger partial charge is 0.257 e. The third-order valence-corrected chi connectivity index (χ3v) is 3.81. The Morgan fingerprint density at radius 3 is 2.57 bits per heavy atom. The summed E-state index contributed by atoms with van der Waals surface area (Å²) in [6.45, 7) is 5.53. The van der Waals surface area contributed by atoms with Gasteiger partial charge in [-0.15, -0.1) is 0 Å². The van der Waals surface area contributed by atoms with E-state index in [9.17, 15) is 9.90 Å². The van der Waals surface area contributed by atoms with E-state index in [-0.39, 0.29) is 17.3 Å². The van der Waals surface area contributed by atoms with Crippen LogP contribution in [-0.4, -0.2) is 41.2 Å². The predicted octanol–water partition coefficient (Wildman–Crippen LogP) is 2.80. The quantitative estimate of drug-likeness (QED) is 0.876. The number of nitrogens with zero attached hydrogens (tertiary/aromatic N) is 1. The van der Waals surface area contributed by atoms with Crippen molar-refractivity contribution in [2.24, 2.45) is 0 Å². The largest absolute Gasteiger partial charge is 0.507 e. The number of phenolic OH excluding ortho intramolecular Hbond substituents is 1. The molecule has 3 rings (SSSR count). The number of carbonyl (C=O) groups excluding carboxylic acids is 1. The topological polar surface area (TPSA) is 49.8 Å². The van der Waals surface area contributed by atoms with Crippen molar-refractivity contribution in [1.82, 2.24) is 4.90 Å². The molecule has 1 aliphatic heterocycles. The van der Waals surface area contributed by atoms with E-state index in [1.54, 1.807) is 17.0 Å². The molecule has 1 amide bonds. The van der Waals surface area contributed by atoms with Crippen LogP contribution in [0.15, 0.2) is 36.4 Å². The highest BCUT2D eigenvalue weighted by atomic mass is 16.5. The lowest BCUT2D eigenvalue weighted by Gasteiger charge is -2.38. The van der Waals surface area contributed by atoms with Gasteiger partial charge in [-0.3, -0.25) is 4.79 Å². The van der Waals surface area contributed by atoms with Crippen molar-refractivity contribution in [3.8, 4) is 5.75 Å². The molecule has 4 heteroatoms. The van der Waals surface area contributed by atoms with Gasteiger partial charge in [0, 0.05) is 13.1 Å². The minimum Gasteiger partial charge on any atom is -0.507 e. The fourth-order valence-corrected chi connectivity index (χ4v) is 2.76. The predicted molar refractivity (Wildman–Crippen MR) is 81.5 cm³/mol. The van der Waals surface area contributed by atoms with E-state index in [0.717, 1.165) is 10.8 Å². The Bertz CT molecular complexity index is 693. The molecular weight excluding hydrogens is 266 g/mol. The van der Waals surface area contributed by atoms with Crippen molar-refractivity contribution < 1.29 is 14.6 Å². The maximum atomic E-state index is 12.7. The summed E-state index contributed by atoms with van der Waals surface area (Å²) in [4.78, 5) is 14.4. The molecule has 0 aromatic heterocycles. The number of phenols is 1. The lowest BCUT2D eigenvalue weighted by Crippen LogP contribution is -2.50. The number of morpholine rings is 1. The van der Waals surface area contributed by atoms with E-state index in [4.69, 9.17) is 4.74 Å². The summed E-state index contributed by atoms with van der Waals surface area (Å²) in [5, 5.41) is 12.0. The van der Waals surface area contributed by atoms with Gasteiger partial charge >= 0.3 is 0 Å². The number of hydrogen-bond donors (Lipinski definition) is 1. The number of fused-ring (bicyclic) bond motifs is 1. The summed E-state index contributed by atoms with van der Waals surface area (Å²) in [7, 11) is 0. The first-order chi connectivity index (χ1) is 9.96. The number of carbonyl (C=O) groups is 1. The molecule has 0 spiro atoms. The number of amides is 1. The summed E-state index contributed by atoms with van der Waals surface area (Å²) in [5.74, 6) is -0.113. The van der Waals surface area contributed by atoms with Gasteiger partial charge in [-0.2, -0.15) is 0 Å². The Kier molecular flexibility index (Phi) is 3.33. The third-order valence-electron chi connectivity index (χ3n) is 3.81. The second kappa shape index (κ2) is 5.04. The van der Waals surface area contributed by atoms with E-state index in [1.165, 1.54) is 0 Å². The first-order valence-corrected chi connectivity index (χ1v) is 7.11. The van der Waals surface area contributed by atoms with Crippen molar-refractivity contribution in [2.75, 3.05) is 19.7 Å². The maximum absolute atomic E-state index is 12.7. The van der Waals surface area contributed by atoms with Crippen LogP contribution in [0.4, 0.5) is 0 Å². The number of ether oxygens (including phenoxy) is 1. The van der Waals surface area contributed by atoms with Crippen LogP contribution in [0.5, 0.6) is 5.75 Å². The van der Waals surface area contributed by atoms with Gasteiger partial charge in [-0.25, -0.2) is 0 Å². The Balaban J connectivity index is 1.96. The molecule has 1 heterocycles. The molecule has 1 aliphatic rings. The molecular formula is C17H19NO3. The van der Waals surface area contributed by atoms with E-state index < -0.39 is 0 Å². The van der Waals surface area contributed by atoms with Gasteiger partial charge < -0.3 is 14.7 Å². The Morgan fingerprint density at radius 2 is 1.90 bits per heavy atom. The summed E-state index contributed by atoms with van der Waals surface area (Å²) >= 11 is 0. The Morgan fingerprint density at radius 1 is 1.24 bits per heavy atom. The molecule has 2 aromatic carbocycles. The van der Waals surface area contributed by atoms with Crippen LogP contribution in [0.3, 0.4) is 0 Å². The zero-order valence-electron chi connectivity index (χ0n) is 12.3. The molecule has 2 aromatic rings. The fraction of sp³-hybridized carbons (Fsp3) is 0.353. The van der Waals surface area contributed by atoms with Crippen molar-refractivity contribution in [3.63, 3.8) is 0 Å². The minimum absolute atomic E-state index is 0.0306. The fourth-order valence-electron chi connectivity index (χ4n) is 2.76. The van der Waals surface area contributed by atoms with E-state index in [0.29, 0.717) is 25.3 Å². The third kappa shape index (κ3) is 2.72. The number of hydrogen-bond acceptors (Lipinski definition) is 3. The van der Waals surface area contributed by atoms with Crippen LogP contribution in [0, 0.1) is 0 Å². The van der Waals surface area contributed by atoms with E-state index in [2.05, 4.69) is 0 Å². The average Bonchev–Trinajstić information content (AvgIpc) is 2.44. The number of aromatic hydroxyl groups is 1. The van der Waals surface area contributed by atoms with Crippen molar-refractivity contribution in [3.05, 3.63) is 42.0 Å². The minimum atomic E-state index is -0.347. The second-order valence-corrected chi connectivity index (χ2v) is 6.05. The summed E-state index contributed by atoms with van der Waals surface area (Å²) in [5.41, 5.74) is 0.00630. The summed E-state index contributed by atoms with van der Waals surface area (Å²) in [6.07, 6.45) is 0. The number of benzene rings is 2. The van der Waals surface area contributed by atoms with Crippen molar-refractivity contribution in [2.45, 2.75) is 19.4 Å². The molecule has 4 nitrogen and oxygen atoms in total. The van der Waals surface area contributed by atoms with Crippen LogP contribution < -0.4 is 0 Å². The highest BCUT2D eigenvalue weighted by molar-refractivity contribution is 6.01. The van der Waals surface area contributed by atoms with Gasteiger partial charge in [0.15, 0.2) is 0 Å². The van der Waals surface area contributed by atoms with Gasteiger partial charge in [0.1, 0.15) is 5.75 Å². The van der Waals surface area contributed by atoms with E-state index >= 15 is 0 Å². The average molecular weight is 285 g/mol. The standard InChI is InChI=1S/C17H19NO3/c1-17(2)11-18(7-8-21-17)16(20)14-9-12-5-3-4-6-13(12)10-15(14)19/h3-6,9-10,19H,7-8,11H2,1-2H3. The Labute approximate surface area is 123 Å². The zero-order valence-corrected chi connectivity index (χ0v) is 12.3. The first kappa shape index (κ1) is 13.9. The number of rotatable bonds is 1. The Hall–Kier alpha value is -2.07. The van der Waals surface area contributed by atoms with Crippen LogP contribution >= 0.6 is 0 Å². The molecule has 1 saturated heterocycles. The SMILES string of the molecule is CC1(C)CN(C(=O)c2cc3ccccc3cc2O)CCO1. The molecule has 0 saturated carbocycles. The van der Waals surface area contributed by atoms with Crippen LogP contribution in [-0.2, 0) is 4.74 Å². The molecule has 1 N–H and O–H groups in total. The second-order valence-electron chi connectivity index (χ2n) is 6.05. The van der Waals surface area contributed by atoms with Gasteiger partial charge in [0.25, 0.3) is 5.91 Å². The first-order valence-electron chi connectivity index (χ1n) is 7.11. The van der Waals surface area contributed by atoms with Crippen LogP contribution in [0.25, 0.3) is 10.8 Å². The summed E-state index contributed by atoms with van der Waals surface area (Å²) < 4.78 is 5.63. The molecule has 0 unspecified atom stereocenters. The molecule has 1 fully saturated rings. The maximum Gasteiger partial charge on any atom is 0.257 e. The van der Waals surface area contributed by atoms with Gasteiger partial charge in [0.2, 0.25) is 0 Å². The molecule has 110 valence electrons. The molecule has 0 bridgehead atoms. The zero-order chi connectivity index (χ0) is 15.0. The monoisotopic (exact) mass is 285 g/mol. The molecule has 0 atom stereocenters. The normalized spacial score (nSPS) is 17.9. The van der Waals surface area contributed by atoms with Gasteiger partial charge in [0.05, 0.1) is 17.8 Å². The van der Waals surface area contributed by atoms with Crippen LogP contribution in [0.2, 0.25) is 0 Å². The van der Waals surface area contributed by atoms with E-state index in [1.807, 2.05) is 38.1 Å². The van der Waals surface area contributed by atoms with Crippen LogP contribution in [0.1, 0.15) is 24.2 Å². The van der Waals surface area contributed by atoms with Gasteiger partial charge in [-0.1, -0.05) is 24.3 Å². The molecule has 0 aliphatic carbocycles.